The molecule has 0 aliphatic carbocycles. The number of oxazole rings is 1. The zero-order valence-corrected chi connectivity index (χ0v) is 21.9. The van der Waals surface area contributed by atoms with E-state index in [9.17, 15) is 9.18 Å². The lowest BCUT2D eigenvalue weighted by Gasteiger charge is -2.33. The number of piperidine rings is 1. The van der Waals surface area contributed by atoms with Gasteiger partial charge in [0.25, 0.3) is 0 Å². The van der Waals surface area contributed by atoms with Crippen LogP contribution in [-0.4, -0.2) is 55.1 Å². The largest absolute Gasteiger partial charge is 0.444 e. The highest BCUT2D eigenvalue weighted by molar-refractivity contribution is 5.79. The normalized spacial score (nSPS) is 14.3. The molecule has 4 aromatic rings. The lowest BCUT2D eigenvalue weighted by atomic mass is 10.1. The number of ether oxygens (including phenoxy) is 1. The summed E-state index contributed by atoms with van der Waals surface area (Å²) in [5, 5.41) is 3.40. The van der Waals surface area contributed by atoms with Crippen LogP contribution in [0.1, 0.15) is 47.5 Å². The fourth-order valence-electron chi connectivity index (χ4n) is 4.12. The molecule has 37 heavy (non-hydrogen) atoms. The van der Waals surface area contributed by atoms with E-state index < -0.39 is 5.60 Å². The molecule has 1 aromatic carbocycles. The first-order chi connectivity index (χ1) is 17.8. The minimum Gasteiger partial charge on any atom is -0.444 e. The Bertz CT molecular complexity index is 1330. The summed E-state index contributed by atoms with van der Waals surface area (Å²) in [4.78, 5) is 27.8. The second kappa shape index (κ2) is 11.0. The van der Waals surface area contributed by atoms with Crippen LogP contribution in [0.15, 0.2) is 53.4 Å². The predicted molar refractivity (Wildman–Crippen MR) is 140 cm³/mol. The molecule has 1 amide bonds. The molecule has 1 aliphatic rings. The van der Waals surface area contributed by atoms with Gasteiger partial charge < -0.3 is 19.4 Å². The molecule has 1 N–H and O–H groups in total. The van der Waals surface area contributed by atoms with Crippen LogP contribution in [0.2, 0.25) is 0 Å². The summed E-state index contributed by atoms with van der Waals surface area (Å²) in [5.41, 5.74) is 2.26. The molecular weight excluding hydrogens is 475 g/mol. The van der Waals surface area contributed by atoms with Crippen LogP contribution in [0, 0.1) is 5.82 Å². The molecule has 1 saturated heterocycles. The summed E-state index contributed by atoms with van der Waals surface area (Å²) in [6, 6.07) is 8.09. The van der Waals surface area contributed by atoms with Crippen molar-refractivity contribution in [1.82, 2.24) is 24.3 Å². The van der Waals surface area contributed by atoms with E-state index in [-0.39, 0.29) is 18.0 Å². The van der Waals surface area contributed by atoms with Gasteiger partial charge in [-0.2, -0.15) is 4.98 Å². The highest BCUT2D eigenvalue weighted by atomic mass is 19.1. The van der Waals surface area contributed by atoms with E-state index in [2.05, 4.69) is 15.3 Å². The molecule has 9 nitrogen and oxygen atoms in total. The summed E-state index contributed by atoms with van der Waals surface area (Å²) >= 11 is 0. The molecule has 4 heterocycles. The summed E-state index contributed by atoms with van der Waals surface area (Å²) in [6.07, 6.45) is 6.24. The van der Waals surface area contributed by atoms with Gasteiger partial charge in [-0.05, 0) is 63.9 Å². The number of carbonyl (C=O) groups is 1. The van der Waals surface area contributed by atoms with E-state index in [0.29, 0.717) is 36.3 Å². The highest BCUT2D eigenvalue weighted by Crippen LogP contribution is 2.32. The number of likely N-dealkylation sites (tertiary alicyclic amines) is 1. The van der Waals surface area contributed by atoms with Gasteiger partial charge in [-0.15, -0.1) is 0 Å². The Labute approximate surface area is 215 Å². The molecule has 1 aliphatic heterocycles. The molecule has 0 unspecified atom stereocenters. The number of fused-ring (bicyclic) bond motifs is 1. The van der Waals surface area contributed by atoms with Crippen molar-refractivity contribution in [3.8, 4) is 22.6 Å². The molecule has 3 aromatic heterocycles. The summed E-state index contributed by atoms with van der Waals surface area (Å²) in [7, 11) is 0. The standard InChI is InChI=1S/C25H27FN6O3.C2H6/c1-25(2,3)35-24(33)31-12-9-18(10-13-31)28-22-27-11-8-19(29-22)21-20(16-4-6-17(26)7-5-16)30-23-32(21)14-15-34-23;1-2/h4-8,11,14-15,18H,9-10,12-13H2,1-3H3,(H,27,28,29);1-2H3. The van der Waals surface area contributed by atoms with Crippen molar-refractivity contribution in [3.05, 3.63) is 54.8 Å². The zero-order chi connectivity index (χ0) is 26.6. The second-order valence-corrected chi connectivity index (χ2v) is 9.52. The van der Waals surface area contributed by atoms with E-state index >= 15 is 0 Å². The SMILES string of the molecule is CC.CC(C)(C)OC(=O)N1CCC(Nc2nccc(-c3c(-c4ccc(F)cc4)nc4occn34)n2)CC1. The Kier molecular flexibility index (Phi) is 7.75. The lowest BCUT2D eigenvalue weighted by Crippen LogP contribution is -2.44. The van der Waals surface area contributed by atoms with Crippen LogP contribution in [0.3, 0.4) is 0 Å². The molecule has 0 spiro atoms. The van der Waals surface area contributed by atoms with E-state index in [0.717, 1.165) is 24.1 Å². The average molecular weight is 509 g/mol. The van der Waals surface area contributed by atoms with E-state index in [1.165, 1.54) is 12.1 Å². The van der Waals surface area contributed by atoms with Gasteiger partial charge in [0, 0.05) is 37.1 Å². The molecule has 0 saturated carbocycles. The number of imidazole rings is 1. The van der Waals surface area contributed by atoms with Crippen LogP contribution >= 0.6 is 0 Å². The number of aromatic nitrogens is 4. The molecule has 0 radical (unpaired) electrons. The first-order valence-corrected chi connectivity index (χ1v) is 12.6. The molecule has 5 rings (SSSR count). The van der Waals surface area contributed by atoms with Crippen molar-refractivity contribution in [3.63, 3.8) is 0 Å². The van der Waals surface area contributed by atoms with Crippen molar-refractivity contribution in [2.24, 2.45) is 0 Å². The van der Waals surface area contributed by atoms with Crippen LogP contribution in [0.5, 0.6) is 0 Å². The lowest BCUT2D eigenvalue weighted by molar-refractivity contribution is 0.0210. The molecule has 1 fully saturated rings. The second-order valence-electron chi connectivity index (χ2n) is 9.52. The van der Waals surface area contributed by atoms with Gasteiger partial charge in [-0.25, -0.2) is 19.2 Å². The van der Waals surface area contributed by atoms with E-state index in [1.807, 2.05) is 39.0 Å². The number of hydrogen-bond acceptors (Lipinski definition) is 7. The maximum Gasteiger partial charge on any atom is 0.410 e. The van der Waals surface area contributed by atoms with Gasteiger partial charge in [0.05, 0.1) is 5.69 Å². The van der Waals surface area contributed by atoms with Crippen LogP contribution < -0.4 is 5.32 Å². The molecular formula is C27H33FN6O3. The Morgan fingerprint density at radius 2 is 1.81 bits per heavy atom. The highest BCUT2D eigenvalue weighted by Gasteiger charge is 2.27. The van der Waals surface area contributed by atoms with Gasteiger partial charge >= 0.3 is 11.9 Å². The number of nitrogens with one attached hydrogen (secondary N) is 1. The Morgan fingerprint density at radius 1 is 1.11 bits per heavy atom. The third-order valence-electron chi connectivity index (χ3n) is 5.76. The third-order valence-corrected chi connectivity index (χ3v) is 5.76. The van der Waals surface area contributed by atoms with Gasteiger partial charge in [0.2, 0.25) is 5.95 Å². The van der Waals surface area contributed by atoms with Crippen molar-refractivity contribution in [1.29, 1.82) is 0 Å². The fraction of sp³-hybridized carbons (Fsp3) is 0.407. The molecule has 196 valence electrons. The quantitative estimate of drug-likeness (QED) is 0.359. The first-order valence-electron chi connectivity index (χ1n) is 12.6. The molecule has 0 bridgehead atoms. The number of carbonyl (C=O) groups excluding carboxylic acids is 1. The summed E-state index contributed by atoms with van der Waals surface area (Å²) in [6.45, 7) is 10.8. The van der Waals surface area contributed by atoms with Gasteiger partial charge in [0.1, 0.15) is 29.1 Å². The Balaban J connectivity index is 0.00000156. The predicted octanol–water partition coefficient (Wildman–Crippen LogP) is 6.03. The smallest absolute Gasteiger partial charge is 0.410 e. The van der Waals surface area contributed by atoms with Crippen LogP contribution in [-0.2, 0) is 4.74 Å². The van der Waals surface area contributed by atoms with E-state index in [4.69, 9.17) is 14.1 Å². The van der Waals surface area contributed by atoms with Crippen molar-refractivity contribution in [2.45, 2.75) is 59.1 Å². The van der Waals surface area contributed by atoms with Crippen LogP contribution in [0.25, 0.3) is 28.5 Å². The maximum atomic E-state index is 13.5. The summed E-state index contributed by atoms with van der Waals surface area (Å²) < 4.78 is 26.3. The molecule has 0 atom stereocenters. The third kappa shape index (κ3) is 6.07. The zero-order valence-electron chi connectivity index (χ0n) is 21.9. The number of nitrogens with zero attached hydrogens (tertiary/aromatic N) is 5. The fourth-order valence-corrected chi connectivity index (χ4v) is 4.12. The minimum absolute atomic E-state index is 0.125. The number of anilines is 1. The van der Waals surface area contributed by atoms with Gasteiger partial charge in [-0.3, -0.25) is 4.40 Å². The average Bonchev–Trinajstić information content (AvgIpc) is 3.47. The van der Waals surface area contributed by atoms with Crippen LogP contribution in [0.4, 0.5) is 15.1 Å². The van der Waals surface area contributed by atoms with Gasteiger partial charge in [-0.1, -0.05) is 13.8 Å². The number of hydrogen-bond donors (Lipinski definition) is 1. The number of benzene rings is 1. The number of rotatable bonds is 4. The van der Waals surface area contributed by atoms with Crippen molar-refractivity contribution >= 4 is 17.9 Å². The maximum absolute atomic E-state index is 13.5. The van der Waals surface area contributed by atoms with Crippen molar-refractivity contribution in [2.75, 3.05) is 18.4 Å². The monoisotopic (exact) mass is 508 g/mol. The topological polar surface area (TPSA) is 97.8 Å². The Hall–Kier alpha value is -3.95. The number of amides is 1. The van der Waals surface area contributed by atoms with Gasteiger partial charge in [0.15, 0.2) is 0 Å². The van der Waals surface area contributed by atoms with Crippen molar-refractivity contribution < 1.29 is 18.3 Å². The number of halogens is 1. The summed E-state index contributed by atoms with van der Waals surface area (Å²) in [5.74, 6) is 0.591. The van der Waals surface area contributed by atoms with E-state index in [1.54, 1.807) is 41.8 Å². The minimum atomic E-state index is -0.513. The first kappa shape index (κ1) is 26.1. The molecule has 10 heteroatoms. The Morgan fingerprint density at radius 3 is 2.49 bits per heavy atom.